The van der Waals surface area contributed by atoms with Crippen LogP contribution in [-0.2, 0) is 4.74 Å². The predicted molar refractivity (Wildman–Crippen MR) is 64.7 cm³/mol. The molecule has 0 amide bonds. The molecule has 0 saturated carbocycles. The zero-order chi connectivity index (χ0) is 12.1. The van der Waals surface area contributed by atoms with E-state index in [2.05, 4.69) is 9.97 Å². The Kier molecular flexibility index (Phi) is 3.65. The maximum Gasteiger partial charge on any atom is 0.358 e. The Hall–Kier alpha value is -1.97. The van der Waals surface area contributed by atoms with E-state index in [1.54, 1.807) is 0 Å². The van der Waals surface area contributed by atoms with Crippen LogP contribution in [0.1, 0.15) is 30.3 Å². The molecular formula is C13H14N2O2. The maximum absolute atomic E-state index is 11.6. The first kappa shape index (κ1) is 11.5. The van der Waals surface area contributed by atoms with Crippen LogP contribution in [0.4, 0.5) is 0 Å². The molecule has 0 atom stereocenters. The smallest absolute Gasteiger partial charge is 0.358 e. The van der Waals surface area contributed by atoms with Gasteiger partial charge in [-0.2, -0.15) is 0 Å². The number of aromatic nitrogens is 2. The molecule has 0 radical (unpaired) electrons. The Morgan fingerprint density at radius 1 is 1.29 bits per heavy atom. The summed E-state index contributed by atoms with van der Waals surface area (Å²) in [6.07, 6.45) is 3.32. The minimum atomic E-state index is -0.406. The van der Waals surface area contributed by atoms with Crippen LogP contribution in [0.3, 0.4) is 0 Å². The third-order valence-corrected chi connectivity index (χ3v) is 2.39. The van der Waals surface area contributed by atoms with Gasteiger partial charge in [-0.3, -0.25) is 4.98 Å². The predicted octanol–water partition coefficient (Wildman–Crippen LogP) is 2.59. The Morgan fingerprint density at radius 2 is 2.06 bits per heavy atom. The highest BCUT2D eigenvalue weighted by atomic mass is 16.5. The number of nitrogens with zero attached hydrogens (tertiary/aromatic N) is 2. The summed E-state index contributed by atoms with van der Waals surface area (Å²) < 4.78 is 5.08. The van der Waals surface area contributed by atoms with E-state index in [4.69, 9.17) is 4.74 Å². The summed E-state index contributed by atoms with van der Waals surface area (Å²) in [6.45, 7) is 2.48. The van der Waals surface area contributed by atoms with E-state index in [-0.39, 0.29) is 5.69 Å². The molecule has 0 aliphatic heterocycles. The average molecular weight is 230 g/mol. The number of rotatable bonds is 4. The van der Waals surface area contributed by atoms with Crippen molar-refractivity contribution in [2.24, 2.45) is 0 Å². The van der Waals surface area contributed by atoms with Gasteiger partial charge in [0, 0.05) is 0 Å². The third kappa shape index (κ3) is 2.78. The number of carbonyl (C=O) groups is 1. The van der Waals surface area contributed by atoms with Gasteiger partial charge in [-0.25, -0.2) is 9.78 Å². The summed E-state index contributed by atoms with van der Waals surface area (Å²) in [5.41, 5.74) is 1.75. The number of benzene rings is 1. The minimum absolute atomic E-state index is 0.264. The van der Waals surface area contributed by atoms with Gasteiger partial charge in [0.2, 0.25) is 0 Å². The average Bonchev–Trinajstić information content (AvgIpc) is 2.38. The number of hydrogen-bond acceptors (Lipinski definition) is 4. The lowest BCUT2D eigenvalue weighted by atomic mass is 10.3. The summed E-state index contributed by atoms with van der Waals surface area (Å²) in [6, 6.07) is 7.43. The number of carbonyl (C=O) groups excluding carboxylic acids is 1. The van der Waals surface area contributed by atoms with Crippen molar-refractivity contribution in [3.05, 3.63) is 36.2 Å². The standard InChI is InChI=1S/C13H14N2O2/c1-2-3-8-17-13(16)12-9-14-10-6-4-5-7-11(10)15-12/h4-7,9H,2-3,8H2,1H3. The summed E-state index contributed by atoms with van der Waals surface area (Å²) in [5.74, 6) is -0.406. The van der Waals surface area contributed by atoms with E-state index in [0.29, 0.717) is 12.1 Å². The van der Waals surface area contributed by atoms with Crippen LogP contribution < -0.4 is 0 Å². The topological polar surface area (TPSA) is 52.1 Å². The molecule has 4 heteroatoms. The van der Waals surface area contributed by atoms with E-state index in [1.165, 1.54) is 6.20 Å². The van der Waals surface area contributed by atoms with Gasteiger partial charge in [0.05, 0.1) is 23.8 Å². The molecule has 17 heavy (non-hydrogen) atoms. The van der Waals surface area contributed by atoms with Gasteiger partial charge >= 0.3 is 5.97 Å². The zero-order valence-electron chi connectivity index (χ0n) is 9.72. The van der Waals surface area contributed by atoms with Crippen LogP contribution in [0.15, 0.2) is 30.5 Å². The number of para-hydroxylation sites is 2. The van der Waals surface area contributed by atoms with Crippen LogP contribution in [0.25, 0.3) is 11.0 Å². The largest absolute Gasteiger partial charge is 0.461 e. The lowest BCUT2D eigenvalue weighted by molar-refractivity contribution is 0.0493. The van der Waals surface area contributed by atoms with E-state index < -0.39 is 5.97 Å². The number of hydrogen-bond donors (Lipinski definition) is 0. The van der Waals surface area contributed by atoms with Gasteiger partial charge in [0.25, 0.3) is 0 Å². The molecule has 0 aliphatic rings. The Morgan fingerprint density at radius 3 is 2.82 bits per heavy atom. The summed E-state index contributed by atoms with van der Waals surface area (Å²) in [4.78, 5) is 20.0. The molecule has 2 rings (SSSR count). The first-order chi connectivity index (χ1) is 8.31. The fourth-order valence-electron chi connectivity index (χ4n) is 1.44. The Bertz CT molecular complexity index is 526. The van der Waals surface area contributed by atoms with Gasteiger partial charge in [0.1, 0.15) is 0 Å². The van der Waals surface area contributed by atoms with Gasteiger partial charge in [-0.15, -0.1) is 0 Å². The van der Waals surface area contributed by atoms with Gasteiger partial charge in [0.15, 0.2) is 5.69 Å². The molecule has 0 aliphatic carbocycles. The van der Waals surface area contributed by atoms with Crippen LogP contribution in [-0.4, -0.2) is 22.5 Å². The van der Waals surface area contributed by atoms with Crippen molar-refractivity contribution in [1.82, 2.24) is 9.97 Å². The van der Waals surface area contributed by atoms with Crippen molar-refractivity contribution >= 4 is 17.0 Å². The maximum atomic E-state index is 11.6. The molecule has 0 unspecified atom stereocenters. The molecule has 1 aromatic carbocycles. The van der Waals surface area contributed by atoms with Crippen LogP contribution in [0, 0.1) is 0 Å². The highest BCUT2D eigenvalue weighted by Gasteiger charge is 2.09. The molecular weight excluding hydrogens is 216 g/mol. The fourth-order valence-corrected chi connectivity index (χ4v) is 1.44. The molecule has 0 spiro atoms. The van der Waals surface area contributed by atoms with Gasteiger partial charge in [-0.05, 0) is 18.6 Å². The highest BCUT2D eigenvalue weighted by Crippen LogP contribution is 2.09. The minimum Gasteiger partial charge on any atom is -0.461 e. The number of esters is 1. The molecule has 0 N–H and O–H groups in total. The monoisotopic (exact) mass is 230 g/mol. The first-order valence-corrected chi connectivity index (χ1v) is 5.70. The molecule has 1 aromatic heterocycles. The van der Waals surface area contributed by atoms with Crippen molar-refractivity contribution in [2.75, 3.05) is 6.61 Å². The van der Waals surface area contributed by atoms with E-state index in [0.717, 1.165) is 18.4 Å². The van der Waals surface area contributed by atoms with E-state index >= 15 is 0 Å². The number of ether oxygens (including phenoxy) is 1. The van der Waals surface area contributed by atoms with Crippen molar-refractivity contribution in [3.63, 3.8) is 0 Å². The van der Waals surface area contributed by atoms with Crippen molar-refractivity contribution in [3.8, 4) is 0 Å². The van der Waals surface area contributed by atoms with Crippen molar-refractivity contribution in [2.45, 2.75) is 19.8 Å². The van der Waals surface area contributed by atoms with E-state index in [9.17, 15) is 4.79 Å². The first-order valence-electron chi connectivity index (χ1n) is 5.70. The highest BCUT2D eigenvalue weighted by molar-refractivity contribution is 5.89. The molecule has 0 bridgehead atoms. The molecule has 2 aromatic rings. The lowest BCUT2D eigenvalue weighted by Gasteiger charge is -2.03. The van der Waals surface area contributed by atoms with Crippen molar-refractivity contribution < 1.29 is 9.53 Å². The molecule has 0 fully saturated rings. The summed E-state index contributed by atoms with van der Waals surface area (Å²) >= 11 is 0. The number of unbranched alkanes of at least 4 members (excludes halogenated alkanes) is 1. The second kappa shape index (κ2) is 5.39. The molecule has 88 valence electrons. The fraction of sp³-hybridized carbons (Fsp3) is 0.308. The third-order valence-electron chi connectivity index (χ3n) is 2.39. The normalized spacial score (nSPS) is 10.4. The van der Waals surface area contributed by atoms with Crippen LogP contribution in [0.5, 0.6) is 0 Å². The SMILES string of the molecule is CCCCOC(=O)c1cnc2ccccc2n1. The second-order valence-electron chi connectivity index (χ2n) is 3.73. The number of fused-ring (bicyclic) bond motifs is 1. The molecule has 4 nitrogen and oxygen atoms in total. The quantitative estimate of drug-likeness (QED) is 0.598. The zero-order valence-corrected chi connectivity index (χ0v) is 9.72. The Balaban J connectivity index is 2.15. The molecule has 1 heterocycles. The van der Waals surface area contributed by atoms with E-state index in [1.807, 2.05) is 31.2 Å². The van der Waals surface area contributed by atoms with Crippen LogP contribution in [0.2, 0.25) is 0 Å². The molecule has 0 saturated heterocycles. The summed E-state index contributed by atoms with van der Waals surface area (Å²) in [5, 5.41) is 0. The van der Waals surface area contributed by atoms with Gasteiger partial charge < -0.3 is 4.74 Å². The van der Waals surface area contributed by atoms with Gasteiger partial charge in [-0.1, -0.05) is 25.5 Å². The summed E-state index contributed by atoms with van der Waals surface area (Å²) in [7, 11) is 0. The van der Waals surface area contributed by atoms with Crippen LogP contribution >= 0.6 is 0 Å². The lowest BCUT2D eigenvalue weighted by Crippen LogP contribution is -2.09. The van der Waals surface area contributed by atoms with Crippen molar-refractivity contribution in [1.29, 1.82) is 0 Å². The Labute approximate surface area is 99.7 Å². The second-order valence-corrected chi connectivity index (χ2v) is 3.73.